The Morgan fingerprint density at radius 2 is 2.00 bits per heavy atom. The van der Waals surface area contributed by atoms with Crippen LogP contribution in [0.15, 0.2) is 48.5 Å². The first kappa shape index (κ1) is 18.5. The molecule has 1 aliphatic heterocycles. The smallest absolute Gasteiger partial charge is 0.270 e. The highest BCUT2D eigenvalue weighted by atomic mass is 19.1. The van der Waals surface area contributed by atoms with Gasteiger partial charge >= 0.3 is 0 Å². The number of aromatic nitrogens is 1. The number of amides is 1. The minimum atomic E-state index is -0.393. The predicted octanol–water partition coefficient (Wildman–Crippen LogP) is 3.66. The van der Waals surface area contributed by atoms with Crippen molar-refractivity contribution in [2.45, 2.75) is 19.5 Å². The van der Waals surface area contributed by atoms with Crippen LogP contribution in [0.25, 0.3) is 10.9 Å². The summed E-state index contributed by atoms with van der Waals surface area (Å²) in [6.07, 6.45) is 0. The lowest BCUT2D eigenvalue weighted by Crippen LogP contribution is -2.53. The number of halogens is 1. The highest BCUT2D eigenvalue weighted by molar-refractivity contribution is 6.00. The van der Waals surface area contributed by atoms with Crippen molar-refractivity contribution >= 4 is 16.8 Å². The van der Waals surface area contributed by atoms with Gasteiger partial charge in [-0.15, -0.1) is 0 Å². The second-order valence-corrected chi connectivity index (χ2v) is 7.29. The Hall–Kier alpha value is -2.86. The van der Waals surface area contributed by atoms with Gasteiger partial charge in [0.15, 0.2) is 0 Å². The molecule has 1 saturated heterocycles. The number of hydrogen-bond donors (Lipinski definition) is 1. The summed E-state index contributed by atoms with van der Waals surface area (Å²) in [5.74, 6) is 0.0486. The first-order valence-corrected chi connectivity index (χ1v) is 9.49. The van der Waals surface area contributed by atoms with Crippen LogP contribution in [0, 0.1) is 5.82 Å². The summed E-state index contributed by atoms with van der Waals surface area (Å²) in [7, 11) is 1.54. The Labute approximate surface area is 163 Å². The van der Waals surface area contributed by atoms with Crippen molar-refractivity contribution in [3.63, 3.8) is 0 Å². The van der Waals surface area contributed by atoms with Gasteiger partial charge in [0, 0.05) is 37.6 Å². The van der Waals surface area contributed by atoms with Crippen LogP contribution < -0.4 is 4.74 Å². The van der Waals surface area contributed by atoms with Crippen LogP contribution in [-0.4, -0.2) is 53.5 Å². The van der Waals surface area contributed by atoms with Gasteiger partial charge in [0.1, 0.15) is 17.3 Å². The van der Waals surface area contributed by atoms with Gasteiger partial charge in [0.05, 0.1) is 12.6 Å². The van der Waals surface area contributed by atoms with Crippen molar-refractivity contribution in [1.29, 1.82) is 0 Å². The third-order valence-corrected chi connectivity index (χ3v) is 5.37. The number of nitrogens with zero attached hydrogens (tertiary/aromatic N) is 2. The zero-order valence-corrected chi connectivity index (χ0v) is 16.1. The normalized spacial score (nSPS) is 17.8. The maximum Gasteiger partial charge on any atom is 0.270 e. The molecule has 5 nitrogen and oxygen atoms in total. The van der Waals surface area contributed by atoms with Crippen molar-refractivity contribution in [2.24, 2.45) is 0 Å². The van der Waals surface area contributed by atoms with E-state index in [9.17, 15) is 9.18 Å². The molecule has 1 aliphatic rings. The molecule has 0 saturated carbocycles. The molecule has 0 bridgehead atoms. The number of ether oxygens (including phenoxy) is 1. The molecule has 1 aromatic heterocycles. The Morgan fingerprint density at radius 1 is 1.21 bits per heavy atom. The van der Waals surface area contributed by atoms with Crippen molar-refractivity contribution in [3.05, 3.63) is 65.6 Å². The standard InChI is InChI=1S/C22H24FN3O2/c1-15-13-25(14-16-6-4-3-5-7-16)10-11-26(15)22(27)19-12-17-20(28-2)9-8-18(23)21(17)24-19/h3-9,12,15,24H,10-11,13-14H2,1-2H3/t15-/m0/s1. The van der Waals surface area contributed by atoms with Gasteiger partial charge in [-0.05, 0) is 30.7 Å². The lowest BCUT2D eigenvalue weighted by Gasteiger charge is -2.39. The highest BCUT2D eigenvalue weighted by Crippen LogP contribution is 2.29. The number of carbonyl (C=O) groups excluding carboxylic acids is 1. The van der Waals surface area contributed by atoms with E-state index in [1.165, 1.54) is 18.7 Å². The number of methoxy groups -OCH3 is 1. The highest BCUT2D eigenvalue weighted by Gasteiger charge is 2.29. The molecule has 0 radical (unpaired) electrons. The summed E-state index contributed by atoms with van der Waals surface area (Å²) >= 11 is 0. The Bertz CT molecular complexity index is 986. The molecule has 1 fully saturated rings. The SMILES string of the molecule is COc1ccc(F)c2[nH]c(C(=O)N3CCN(Cc4ccccc4)C[C@@H]3C)cc12. The van der Waals surface area contributed by atoms with Gasteiger partial charge in [0.25, 0.3) is 5.91 Å². The zero-order valence-electron chi connectivity index (χ0n) is 16.1. The minimum absolute atomic E-state index is 0.0723. The van der Waals surface area contributed by atoms with E-state index in [1.807, 2.05) is 23.1 Å². The molecule has 1 amide bonds. The van der Waals surface area contributed by atoms with E-state index in [1.54, 1.807) is 12.1 Å². The third-order valence-electron chi connectivity index (χ3n) is 5.37. The lowest BCUT2D eigenvalue weighted by atomic mass is 10.1. The number of benzene rings is 2. The molecule has 2 aromatic carbocycles. The molecular formula is C22H24FN3O2. The van der Waals surface area contributed by atoms with Crippen molar-refractivity contribution in [2.75, 3.05) is 26.7 Å². The number of carbonyl (C=O) groups is 1. The molecule has 0 spiro atoms. The number of rotatable bonds is 4. The van der Waals surface area contributed by atoms with Crippen LogP contribution >= 0.6 is 0 Å². The fourth-order valence-corrected chi connectivity index (χ4v) is 3.93. The van der Waals surface area contributed by atoms with Crippen LogP contribution in [0.1, 0.15) is 23.0 Å². The third kappa shape index (κ3) is 3.47. The number of fused-ring (bicyclic) bond motifs is 1. The van der Waals surface area contributed by atoms with Gasteiger partial charge < -0.3 is 14.6 Å². The van der Waals surface area contributed by atoms with Gasteiger partial charge in [-0.3, -0.25) is 9.69 Å². The lowest BCUT2D eigenvalue weighted by molar-refractivity contribution is 0.0471. The van der Waals surface area contributed by atoms with Gasteiger partial charge in [0.2, 0.25) is 0 Å². The van der Waals surface area contributed by atoms with E-state index in [4.69, 9.17) is 4.74 Å². The van der Waals surface area contributed by atoms with E-state index in [2.05, 4.69) is 28.9 Å². The van der Waals surface area contributed by atoms with Crippen LogP contribution in [0.4, 0.5) is 4.39 Å². The van der Waals surface area contributed by atoms with Crippen molar-refractivity contribution in [3.8, 4) is 5.75 Å². The van der Waals surface area contributed by atoms with Crippen LogP contribution in [0.5, 0.6) is 5.75 Å². The van der Waals surface area contributed by atoms with Crippen molar-refractivity contribution in [1.82, 2.24) is 14.8 Å². The van der Waals surface area contributed by atoms with Crippen molar-refractivity contribution < 1.29 is 13.9 Å². The first-order valence-electron chi connectivity index (χ1n) is 9.49. The molecule has 2 heterocycles. The van der Waals surface area contributed by atoms with E-state index in [0.717, 1.165) is 19.6 Å². The fraction of sp³-hybridized carbons (Fsp3) is 0.318. The zero-order chi connectivity index (χ0) is 19.7. The molecule has 1 atom stereocenters. The Balaban J connectivity index is 1.50. The Morgan fingerprint density at radius 3 is 2.71 bits per heavy atom. The summed E-state index contributed by atoms with van der Waals surface area (Å²) in [6, 6.07) is 15.0. The van der Waals surface area contributed by atoms with Gasteiger partial charge in [-0.25, -0.2) is 4.39 Å². The molecule has 28 heavy (non-hydrogen) atoms. The average Bonchev–Trinajstić information content (AvgIpc) is 3.15. The number of hydrogen-bond acceptors (Lipinski definition) is 3. The second kappa shape index (κ2) is 7.64. The van der Waals surface area contributed by atoms with E-state index in [-0.39, 0.29) is 11.9 Å². The molecule has 3 aromatic rings. The van der Waals surface area contributed by atoms with Gasteiger partial charge in [-0.1, -0.05) is 30.3 Å². The van der Waals surface area contributed by atoms with E-state index < -0.39 is 5.82 Å². The fourth-order valence-electron chi connectivity index (χ4n) is 3.93. The molecule has 146 valence electrons. The molecule has 0 unspecified atom stereocenters. The van der Waals surface area contributed by atoms with E-state index in [0.29, 0.717) is 28.9 Å². The maximum absolute atomic E-state index is 14.1. The molecule has 0 aliphatic carbocycles. The van der Waals surface area contributed by atoms with Crippen LogP contribution in [0.2, 0.25) is 0 Å². The topological polar surface area (TPSA) is 48.6 Å². The van der Waals surface area contributed by atoms with E-state index >= 15 is 0 Å². The second-order valence-electron chi connectivity index (χ2n) is 7.29. The number of aromatic amines is 1. The molecule has 6 heteroatoms. The number of nitrogens with one attached hydrogen (secondary N) is 1. The maximum atomic E-state index is 14.1. The van der Waals surface area contributed by atoms with Crippen LogP contribution in [-0.2, 0) is 6.54 Å². The molecule has 4 rings (SSSR count). The van der Waals surface area contributed by atoms with Gasteiger partial charge in [-0.2, -0.15) is 0 Å². The molecular weight excluding hydrogens is 357 g/mol. The summed E-state index contributed by atoms with van der Waals surface area (Å²) < 4.78 is 19.4. The summed E-state index contributed by atoms with van der Waals surface area (Å²) in [4.78, 5) is 20.2. The minimum Gasteiger partial charge on any atom is -0.496 e. The first-order chi connectivity index (χ1) is 13.6. The predicted molar refractivity (Wildman–Crippen MR) is 107 cm³/mol. The number of H-pyrrole nitrogens is 1. The monoisotopic (exact) mass is 381 g/mol. The summed E-state index contributed by atoms with van der Waals surface area (Å²) in [5.41, 5.74) is 1.97. The quantitative estimate of drug-likeness (QED) is 0.750. The summed E-state index contributed by atoms with van der Waals surface area (Å²) in [5, 5.41) is 0.584. The van der Waals surface area contributed by atoms with Crippen LogP contribution in [0.3, 0.4) is 0 Å². The largest absolute Gasteiger partial charge is 0.496 e. The Kier molecular flexibility index (Phi) is 5.05. The average molecular weight is 381 g/mol. The summed E-state index contributed by atoms with van der Waals surface area (Å²) in [6.45, 7) is 5.18. The molecule has 1 N–H and O–H groups in total. The number of piperazine rings is 1.